The van der Waals surface area contributed by atoms with Crippen LogP contribution in [0, 0.1) is 5.41 Å². The molecule has 21 heavy (non-hydrogen) atoms. The van der Waals surface area contributed by atoms with Crippen LogP contribution in [0.1, 0.15) is 33.6 Å². The van der Waals surface area contributed by atoms with Gasteiger partial charge in [0.1, 0.15) is 5.75 Å². The largest absolute Gasteiger partial charge is 0.489 e. The number of hydrogen-bond donors (Lipinski definition) is 2. The van der Waals surface area contributed by atoms with Crippen LogP contribution in [0.5, 0.6) is 5.75 Å². The molecular formula is C16H23ClN2O2. The van der Waals surface area contributed by atoms with Gasteiger partial charge in [-0.05, 0) is 58.4 Å². The number of ether oxygens (including phenoxy) is 1. The lowest BCUT2D eigenvalue weighted by Gasteiger charge is -2.32. The number of nitrogens with one attached hydrogen (secondary N) is 2. The predicted molar refractivity (Wildman–Crippen MR) is 86.1 cm³/mol. The van der Waals surface area contributed by atoms with Gasteiger partial charge in [0.2, 0.25) is 5.91 Å². The molecule has 0 radical (unpaired) electrons. The molecule has 1 heterocycles. The number of rotatable bonds is 4. The Morgan fingerprint density at radius 1 is 1.48 bits per heavy atom. The normalized spacial score (nSPS) is 22.1. The van der Waals surface area contributed by atoms with Crippen LogP contribution in [0.4, 0.5) is 5.69 Å². The predicted octanol–water partition coefficient (Wildman–Crippen LogP) is 3.46. The van der Waals surface area contributed by atoms with E-state index in [4.69, 9.17) is 16.3 Å². The van der Waals surface area contributed by atoms with Crippen LogP contribution in [0.2, 0.25) is 5.02 Å². The molecule has 1 aliphatic rings. The average molecular weight is 311 g/mol. The van der Waals surface area contributed by atoms with Crippen molar-refractivity contribution in [3.05, 3.63) is 23.2 Å². The van der Waals surface area contributed by atoms with Crippen molar-refractivity contribution in [3.8, 4) is 5.75 Å². The number of piperidine rings is 1. The Kier molecular flexibility index (Phi) is 5.12. The van der Waals surface area contributed by atoms with Crippen LogP contribution < -0.4 is 15.4 Å². The van der Waals surface area contributed by atoms with Crippen LogP contribution in [0.25, 0.3) is 0 Å². The smallest absolute Gasteiger partial charge is 0.231 e. The topological polar surface area (TPSA) is 50.4 Å². The van der Waals surface area contributed by atoms with E-state index in [9.17, 15) is 4.79 Å². The first-order valence-corrected chi connectivity index (χ1v) is 7.77. The number of carbonyl (C=O) groups is 1. The summed E-state index contributed by atoms with van der Waals surface area (Å²) in [6.07, 6.45) is 1.98. The highest BCUT2D eigenvalue weighted by atomic mass is 35.5. The summed E-state index contributed by atoms with van der Waals surface area (Å²) in [4.78, 5) is 12.4. The Balaban J connectivity index is 2.05. The molecule has 0 aromatic heterocycles. The third-order valence-corrected chi connectivity index (χ3v) is 3.99. The molecule has 0 saturated carbocycles. The maximum atomic E-state index is 12.4. The first-order valence-electron chi connectivity index (χ1n) is 7.39. The molecule has 1 aliphatic heterocycles. The molecule has 2 N–H and O–H groups in total. The SMILES string of the molecule is CC(C)Oc1ccc(NC(=O)C2(C)CCCNC2)cc1Cl. The van der Waals surface area contributed by atoms with E-state index in [-0.39, 0.29) is 17.4 Å². The minimum atomic E-state index is -0.363. The lowest BCUT2D eigenvalue weighted by Crippen LogP contribution is -2.46. The van der Waals surface area contributed by atoms with Crippen LogP contribution in [-0.2, 0) is 4.79 Å². The third-order valence-electron chi connectivity index (χ3n) is 3.70. The maximum Gasteiger partial charge on any atom is 0.231 e. The summed E-state index contributed by atoms with van der Waals surface area (Å²) < 4.78 is 5.59. The summed E-state index contributed by atoms with van der Waals surface area (Å²) in [7, 11) is 0. The van der Waals surface area contributed by atoms with Gasteiger partial charge in [-0.15, -0.1) is 0 Å². The van der Waals surface area contributed by atoms with Crippen molar-refractivity contribution in [1.82, 2.24) is 5.32 Å². The first kappa shape index (κ1) is 16.1. The molecule has 4 nitrogen and oxygen atoms in total. The molecular weight excluding hydrogens is 288 g/mol. The van der Waals surface area contributed by atoms with Crippen molar-refractivity contribution < 1.29 is 9.53 Å². The molecule has 116 valence electrons. The number of benzene rings is 1. The van der Waals surface area contributed by atoms with Gasteiger partial charge in [-0.2, -0.15) is 0 Å². The Morgan fingerprint density at radius 3 is 2.81 bits per heavy atom. The molecule has 0 aliphatic carbocycles. The Bertz CT molecular complexity index is 511. The van der Waals surface area contributed by atoms with Gasteiger partial charge in [0.25, 0.3) is 0 Å². The number of carbonyl (C=O) groups excluding carboxylic acids is 1. The molecule has 1 saturated heterocycles. The van der Waals surface area contributed by atoms with Gasteiger partial charge < -0.3 is 15.4 Å². The van der Waals surface area contributed by atoms with Crippen molar-refractivity contribution >= 4 is 23.2 Å². The summed E-state index contributed by atoms with van der Waals surface area (Å²) in [6, 6.07) is 5.34. The van der Waals surface area contributed by atoms with Gasteiger partial charge in [-0.1, -0.05) is 11.6 Å². The highest BCUT2D eigenvalue weighted by Gasteiger charge is 2.34. The zero-order valence-electron chi connectivity index (χ0n) is 12.8. The van der Waals surface area contributed by atoms with E-state index < -0.39 is 0 Å². The van der Waals surface area contributed by atoms with Crippen molar-refractivity contribution in [2.45, 2.75) is 39.7 Å². The van der Waals surface area contributed by atoms with Crippen LogP contribution >= 0.6 is 11.6 Å². The van der Waals surface area contributed by atoms with E-state index >= 15 is 0 Å². The van der Waals surface area contributed by atoms with Crippen molar-refractivity contribution in [2.75, 3.05) is 18.4 Å². The van der Waals surface area contributed by atoms with Crippen LogP contribution in [0.3, 0.4) is 0 Å². The molecule has 1 atom stereocenters. The fourth-order valence-corrected chi connectivity index (χ4v) is 2.69. The van der Waals surface area contributed by atoms with E-state index in [2.05, 4.69) is 10.6 Å². The average Bonchev–Trinajstić information content (AvgIpc) is 2.42. The molecule has 1 aromatic rings. The molecule has 1 aromatic carbocycles. The van der Waals surface area contributed by atoms with Crippen molar-refractivity contribution in [1.29, 1.82) is 0 Å². The fourth-order valence-electron chi connectivity index (χ4n) is 2.46. The van der Waals surface area contributed by atoms with Gasteiger partial charge in [-0.25, -0.2) is 0 Å². The fraction of sp³-hybridized carbons (Fsp3) is 0.562. The van der Waals surface area contributed by atoms with E-state index in [1.165, 1.54) is 0 Å². The first-order chi connectivity index (χ1) is 9.90. The van der Waals surface area contributed by atoms with Crippen molar-refractivity contribution in [3.63, 3.8) is 0 Å². The third kappa shape index (κ3) is 4.11. The summed E-state index contributed by atoms with van der Waals surface area (Å²) in [5, 5.41) is 6.74. The molecule has 0 spiro atoms. The second-order valence-corrected chi connectivity index (χ2v) is 6.51. The Morgan fingerprint density at radius 2 is 2.24 bits per heavy atom. The maximum absolute atomic E-state index is 12.4. The number of anilines is 1. The van der Waals surface area contributed by atoms with Crippen LogP contribution in [-0.4, -0.2) is 25.1 Å². The zero-order chi connectivity index (χ0) is 15.5. The van der Waals surface area contributed by atoms with Gasteiger partial charge >= 0.3 is 0 Å². The summed E-state index contributed by atoms with van der Waals surface area (Å²) in [5.41, 5.74) is 0.338. The summed E-state index contributed by atoms with van der Waals surface area (Å²) >= 11 is 6.19. The lowest BCUT2D eigenvalue weighted by atomic mass is 9.82. The van der Waals surface area contributed by atoms with Gasteiger partial charge in [0.05, 0.1) is 16.5 Å². The number of hydrogen-bond acceptors (Lipinski definition) is 3. The minimum absolute atomic E-state index is 0.0308. The number of amides is 1. The molecule has 2 rings (SSSR count). The molecule has 1 unspecified atom stereocenters. The van der Waals surface area contributed by atoms with Gasteiger partial charge in [0.15, 0.2) is 0 Å². The standard InChI is InChI=1S/C16H23ClN2O2/c1-11(2)21-14-6-5-12(9-13(14)17)19-15(20)16(3)7-4-8-18-10-16/h5-6,9,11,18H,4,7-8,10H2,1-3H3,(H,19,20). The second kappa shape index (κ2) is 6.67. The highest BCUT2D eigenvalue weighted by Crippen LogP contribution is 2.31. The highest BCUT2D eigenvalue weighted by molar-refractivity contribution is 6.32. The van der Waals surface area contributed by atoms with Gasteiger partial charge in [-0.3, -0.25) is 4.79 Å². The van der Waals surface area contributed by atoms with E-state index in [0.717, 1.165) is 19.4 Å². The quantitative estimate of drug-likeness (QED) is 0.895. The summed E-state index contributed by atoms with van der Waals surface area (Å²) in [6.45, 7) is 7.58. The van der Waals surface area contributed by atoms with Gasteiger partial charge in [0, 0.05) is 12.2 Å². The monoisotopic (exact) mass is 310 g/mol. The number of halogens is 1. The molecule has 1 amide bonds. The lowest BCUT2D eigenvalue weighted by molar-refractivity contribution is -0.125. The molecule has 1 fully saturated rings. The van der Waals surface area contributed by atoms with E-state index in [1.807, 2.05) is 26.8 Å². The van der Waals surface area contributed by atoms with Crippen LogP contribution in [0.15, 0.2) is 18.2 Å². The van der Waals surface area contributed by atoms with Crippen molar-refractivity contribution in [2.24, 2.45) is 5.41 Å². The van der Waals surface area contributed by atoms with E-state index in [0.29, 0.717) is 23.0 Å². The molecule has 5 heteroatoms. The zero-order valence-corrected chi connectivity index (χ0v) is 13.6. The minimum Gasteiger partial charge on any atom is -0.489 e. The Labute approximate surface area is 131 Å². The van der Waals surface area contributed by atoms with E-state index in [1.54, 1.807) is 12.1 Å². The molecule has 0 bridgehead atoms. The second-order valence-electron chi connectivity index (χ2n) is 6.11. The summed E-state index contributed by atoms with van der Waals surface area (Å²) in [5.74, 6) is 0.665. The Hall–Kier alpha value is -1.26.